The molecule has 0 atom stereocenters. The van der Waals surface area contributed by atoms with Crippen LogP contribution in [0.2, 0.25) is 0 Å². The van der Waals surface area contributed by atoms with Crippen LogP contribution in [0, 0.1) is 0 Å². The Hall–Kier alpha value is -1.79. The van der Waals surface area contributed by atoms with Crippen molar-refractivity contribution in [2.24, 2.45) is 0 Å². The van der Waals surface area contributed by atoms with Crippen LogP contribution in [0.15, 0.2) is 18.2 Å². The average molecular weight is 293 g/mol. The number of ether oxygens (including phenoxy) is 2. The molecule has 116 valence electrons. The van der Waals surface area contributed by atoms with Gasteiger partial charge in [-0.25, -0.2) is 0 Å². The maximum absolute atomic E-state index is 12.2. The Kier molecular flexibility index (Phi) is 4.69. The number of hydrogen-bond donors (Lipinski definition) is 2. The summed E-state index contributed by atoms with van der Waals surface area (Å²) in [7, 11) is 1.58. The number of nitrogens with two attached hydrogens (primary N) is 1. The van der Waals surface area contributed by atoms with E-state index >= 15 is 0 Å². The molecule has 1 fully saturated rings. The van der Waals surface area contributed by atoms with E-state index < -0.39 is 0 Å². The molecule has 1 saturated heterocycles. The summed E-state index contributed by atoms with van der Waals surface area (Å²) in [6.45, 7) is 6.50. The van der Waals surface area contributed by atoms with Gasteiger partial charge in [-0.1, -0.05) is 0 Å². The second-order valence-electron chi connectivity index (χ2n) is 5.79. The van der Waals surface area contributed by atoms with Gasteiger partial charge in [0, 0.05) is 18.2 Å². The minimum atomic E-state index is -0.138. The molecule has 0 aliphatic carbocycles. The van der Waals surface area contributed by atoms with Crippen LogP contribution in [0.1, 0.15) is 13.8 Å². The van der Waals surface area contributed by atoms with Crippen molar-refractivity contribution in [2.75, 3.05) is 44.5 Å². The first-order valence-corrected chi connectivity index (χ1v) is 6.98. The second-order valence-corrected chi connectivity index (χ2v) is 5.79. The molecule has 0 radical (unpaired) electrons. The number of morpholine rings is 1. The minimum Gasteiger partial charge on any atom is -0.497 e. The fourth-order valence-electron chi connectivity index (χ4n) is 2.33. The van der Waals surface area contributed by atoms with Gasteiger partial charge in [0.1, 0.15) is 5.75 Å². The summed E-state index contributed by atoms with van der Waals surface area (Å²) < 4.78 is 10.5. The van der Waals surface area contributed by atoms with Gasteiger partial charge in [0.25, 0.3) is 0 Å². The lowest BCUT2D eigenvalue weighted by atomic mass is 10.0. The number of benzene rings is 1. The number of nitrogens with zero attached hydrogens (tertiary/aromatic N) is 1. The summed E-state index contributed by atoms with van der Waals surface area (Å²) in [5.41, 5.74) is 6.86. The van der Waals surface area contributed by atoms with E-state index in [4.69, 9.17) is 15.2 Å². The van der Waals surface area contributed by atoms with Crippen LogP contribution in [0.25, 0.3) is 0 Å². The van der Waals surface area contributed by atoms with Gasteiger partial charge in [-0.3, -0.25) is 9.69 Å². The number of rotatable bonds is 4. The van der Waals surface area contributed by atoms with E-state index in [9.17, 15) is 4.79 Å². The van der Waals surface area contributed by atoms with Gasteiger partial charge in [-0.2, -0.15) is 0 Å². The third kappa shape index (κ3) is 3.86. The van der Waals surface area contributed by atoms with Crippen molar-refractivity contribution in [3.8, 4) is 5.75 Å². The standard InChI is InChI=1S/C15H23N3O3/c1-15(2)10-21-7-6-18(15)9-14(19)17-13-5-4-11(20-3)8-12(13)16/h4-5,8H,6-7,9-10,16H2,1-3H3,(H,17,19). The summed E-state index contributed by atoms with van der Waals surface area (Å²) in [5.74, 6) is 0.585. The highest BCUT2D eigenvalue weighted by Gasteiger charge is 2.31. The number of amides is 1. The van der Waals surface area contributed by atoms with Crippen LogP contribution in [-0.2, 0) is 9.53 Å². The lowest BCUT2D eigenvalue weighted by molar-refractivity contribution is -0.122. The molecule has 0 unspecified atom stereocenters. The largest absolute Gasteiger partial charge is 0.497 e. The number of nitrogens with one attached hydrogen (secondary N) is 1. The fraction of sp³-hybridized carbons (Fsp3) is 0.533. The van der Waals surface area contributed by atoms with Gasteiger partial charge in [-0.05, 0) is 26.0 Å². The molecule has 1 aromatic rings. The molecule has 6 heteroatoms. The van der Waals surface area contributed by atoms with Crippen LogP contribution in [0.4, 0.5) is 11.4 Å². The maximum Gasteiger partial charge on any atom is 0.238 e. The molecule has 1 amide bonds. The molecular formula is C15H23N3O3. The summed E-state index contributed by atoms with van der Waals surface area (Å²) in [6, 6.07) is 5.20. The smallest absolute Gasteiger partial charge is 0.238 e. The molecule has 0 bridgehead atoms. The zero-order chi connectivity index (χ0) is 15.5. The van der Waals surface area contributed by atoms with Crippen molar-refractivity contribution in [3.05, 3.63) is 18.2 Å². The molecule has 1 heterocycles. The predicted molar refractivity (Wildman–Crippen MR) is 82.5 cm³/mol. The lowest BCUT2D eigenvalue weighted by Gasteiger charge is -2.41. The Balaban J connectivity index is 1.98. The summed E-state index contributed by atoms with van der Waals surface area (Å²) in [6.07, 6.45) is 0. The average Bonchev–Trinajstić information content (AvgIpc) is 2.43. The van der Waals surface area contributed by atoms with E-state index in [0.717, 1.165) is 6.54 Å². The molecule has 1 aliphatic rings. The molecule has 0 saturated carbocycles. The first kappa shape index (κ1) is 15.6. The number of methoxy groups -OCH3 is 1. The third-order valence-electron chi connectivity index (χ3n) is 3.68. The van der Waals surface area contributed by atoms with Gasteiger partial charge in [-0.15, -0.1) is 0 Å². The zero-order valence-electron chi connectivity index (χ0n) is 12.8. The van der Waals surface area contributed by atoms with E-state index in [1.807, 2.05) is 0 Å². The Labute approximate surface area is 125 Å². The van der Waals surface area contributed by atoms with Gasteiger partial charge < -0.3 is 20.5 Å². The van der Waals surface area contributed by atoms with Crippen LogP contribution >= 0.6 is 0 Å². The van der Waals surface area contributed by atoms with Crippen molar-refractivity contribution in [1.29, 1.82) is 0 Å². The van der Waals surface area contributed by atoms with E-state index in [2.05, 4.69) is 24.1 Å². The number of carbonyl (C=O) groups is 1. The lowest BCUT2D eigenvalue weighted by Crippen LogP contribution is -2.55. The highest BCUT2D eigenvalue weighted by molar-refractivity contribution is 5.95. The highest BCUT2D eigenvalue weighted by atomic mass is 16.5. The van der Waals surface area contributed by atoms with Crippen molar-refractivity contribution in [3.63, 3.8) is 0 Å². The van der Waals surface area contributed by atoms with Crippen molar-refractivity contribution in [1.82, 2.24) is 4.90 Å². The van der Waals surface area contributed by atoms with Crippen LogP contribution in [-0.4, -0.2) is 49.8 Å². The fourth-order valence-corrected chi connectivity index (χ4v) is 2.33. The Bertz CT molecular complexity index is 517. The van der Waals surface area contributed by atoms with Crippen LogP contribution < -0.4 is 15.8 Å². The molecular weight excluding hydrogens is 270 g/mol. The molecule has 21 heavy (non-hydrogen) atoms. The Morgan fingerprint density at radius 3 is 2.90 bits per heavy atom. The third-order valence-corrected chi connectivity index (χ3v) is 3.68. The topological polar surface area (TPSA) is 76.8 Å². The number of nitrogen functional groups attached to an aromatic ring is 1. The van der Waals surface area contributed by atoms with Gasteiger partial charge >= 0.3 is 0 Å². The normalized spacial score (nSPS) is 18.2. The zero-order valence-corrected chi connectivity index (χ0v) is 12.8. The molecule has 0 aromatic heterocycles. The maximum atomic E-state index is 12.2. The summed E-state index contributed by atoms with van der Waals surface area (Å²) >= 11 is 0. The first-order chi connectivity index (χ1) is 9.92. The second kappa shape index (κ2) is 6.32. The van der Waals surface area contributed by atoms with E-state index in [1.165, 1.54) is 0 Å². The van der Waals surface area contributed by atoms with E-state index in [-0.39, 0.29) is 11.4 Å². The van der Waals surface area contributed by atoms with Crippen LogP contribution in [0.5, 0.6) is 5.75 Å². The quantitative estimate of drug-likeness (QED) is 0.819. The molecule has 1 aliphatic heterocycles. The first-order valence-electron chi connectivity index (χ1n) is 6.98. The van der Waals surface area contributed by atoms with Crippen molar-refractivity contribution >= 4 is 17.3 Å². The molecule has 0 spiro atoms. The van der Waals surface area contributed by atoms with E-state index in [1.54, 1.807) is 25.3 Å². The number of hydrogen-bond acceptors (Lipinski definition) is 5. The van der Waals surface area contributed by atoms with Crippen molar-refractivity contribution < 1.29 is 14.3 Å². The molecule has 1 aromatic carbocycles. The van der Waals surface area contributed by atoms with Gasteiger partial charge in [0.2, 0.25) is 5.91 Å². The van der Waals surface area contributed by atoms with Crippen molar-refractivity contribution in [2.45, 2.75) is 19.4 Å². The monoisotopic (exact) mass is 293 g/mol. The van der Waals surface area contributed by atoms with Crippen LogP contribution in [0.3, 0.4) is 0 Å². The molecule has 3 N–H and O–H groups in total. The summed E-state index contributed by atoms with van der Waals surface area (Å²) in [4.78, 5) is 14.3. The van der Waals surface area contributed by atoms with Gasteiger partial charge in [0.15, 0.2) is 0 Å². The SMILES string of the molecule is COc1ccc(NC(=O)CN2CCOCC2(C)C)c(N)c1. The Morgan fingerprint density at radius 2 is 2.29 bits per heavy atom. The van der Waals surface area contributed by atoms with E-state index in [0.29, 0.717) is 36.9 Å². The minimum absolute atomic E-state index is 0.0816. The van der Waals surface area contributed by atoms with Gasteiger partial charge in [0.05, 0.1) is 38.2 Å². The highest BCUT2D eigenvalue weighted by Crippen LogP contribution is 2.24. The number of anilines is 2. The Morgan fingerprint density at radius 1 is 1.52 bits per heavy atom. The summed E-state index contributed by atoms with van der Waals surface area (Å²) in [5, 5.41) is 2.84. The molecule has 6 nitrogen and oxygen atoms in total. The predicted octanol–water partition coefficient (Wildman–Crippen LogP) is 1.33. The number of carbonyl (C=O) groups excluding carboxylic acids is 1. The molecule has 2 rings (SSSR count).